The Kier molecular flexibility index (Phi) is 3.59. The Morgan fingerprint density at radius 2 is 1.80 bits per heavy atom. The van der Waals surface area contributed by atoms with Crippen molar-refractivity contribution in [1.29, 1.82) is 0 Å². The minimum absolute atomic E-state index is 0.484. The van der Waals surface area contributed by atoms with Crippen molar-refractivity contribution in [1.82, 2.24) is 20.1 Å². The van der Waals surface area contributed by atoms with Gasteiger partial charge in [0.15, 0.2) is 0 Å². The lowest BCUT2D eigenvalue weighted by atomic mass is 9.70. The van der Waals surface area contributed by atoms with Crippen LogP contribution in [0, 0.1) is 0 Å². The smallest absolute Gasteiger partial charge is 0.0938 e. The highest BCUT2D eigenvalue weighted by atomic mass is 15.3. The lowest BCUT2D eigenvalue weighted by Gasteiger charge is -2.32. The third-order valence-electron chi connectivity index (χ3n) is 6.24. The van der Waals surface area contributed by atoms with Gasteiger partial charge in [0.1, 0.15) is 0 Å². The van der Waals surface area contributed by atoms with Gasteiger partial charge in [-0.3, -0.25) is 10.1 Å². The fraction of sp³-hybridized carbons (Fsp3) is 0.120. The van der Waals surface area contributed by atoms with E-state index in [1.807, 2.05) is 18.6 Å². The standard InChI is InChI=1S/C25H21N5/c1-29-13-14-30(17-29)19-6-4-5-18(15-19)25(24-10-12-27-28-24)22-8-3-2-7-20(22)21-9-11-26-16-23(21)25/h2-16H,17H2,1H3,(H,27,28). The van der Waals surface area contributed by atoms with Crippen molar-refractivity contribution in [2.45, 2.75) is 5.41 Å². The fourth-order valence-corrected chi connectivity index (χ4v) is 4.95. The van der Waals surface area contributed by atoms with Gasteiger partial charge in [-0.1, -0.05) is 36.4 Å². The molecule has 1 atom stereocenters. The molecule has 0 bridgehead atoms. The number of aromatic amines is 1. The number of rotatable bonds is 3. The number of anilines is 1. The van der Waals surface area contributed by atoms with Gasteiger partial charge < -0.3 is 9.80 Å². The Hall–Kier alpha value is -3.86. The van der Waals surface area contributed by atoms with E-state index in [0.717, 1.165) is 12.4 Å². The van der Waals surface area contributed by atoms with Crippen LogP contribution in [0.2, 0.25) is 0 Å². The number of hydrogen-bond acceptors (Lipinski definition) is 4. The molecular weight excluding hydrogens is 370 g/mol. The second-order valence-corrected chi connectivity index (χ2v) is 7.90. The summed E-state index contributed by atoms with van der Waals surface area (Å²) in [7, 11) is 2.08. The highest BCUT2D eigenvalue weighted by Gasteiger charge is 2.47. The maximum Gasteiger partial charge on any atom is 0.0938 e. The van der Waals surface area contributed by atoms with E-state index in [4.69, 9.17) is 0 Å². The van der Waals surface area contributed by atoms with E-state index in [9.17, 15) is 0 Å². The van der Waals surface area contributed by atoms with Crippen molar-refractivity contribution in [3.63, 3.8) is 0 Å². The molecule has 6 rings (SSSR count). The highest BCUT2D eigenvalue weighted by Crippen LogP contribution is 2.55. The molecule has 1 aliphatic carbocycles. The first-order valence-corrected chi connectivity index (χ1v) is 10.1. The van der Waals surface area contributed by atoms with Crippen molar-refractivity contribution in [2.75, 3.05) is 18.6 Å². The zero-order valence-electron chi connectivity index (χ0n) is 16.7. The van der Waals surface area contributed by atoms with Crippen LogP contribution in [0.1, 0.15) is 22.4 Å². The predicted molar refractivity (Wildman–Crippen MR) is 118 cm³/mol. The van der Waals surface area contributed by atoms with Crippen molar-refractivity contribution in [3.05, 3.63) is 114 Å². The predicted octanol–water partition coefficient (Wildman–Crippen LogP) is 4.35. The van der Waals surface area contributed by atoms with E-state index >= 15 is 0 Å². The van der Waals surface area contributed by atoms with Crippen LogP contribution < -0.4 is 4.90 Å². The van der Waals surface area contributed by atoms with Crippen molar-refractivity contribution in [2.24, 2.45) is 0 Å². The lowest BCUT2D eigenvalue weighted by molar-refractivity contribution is 0.495. The van der Waals surface area contributed by atoms with Crippen LogP contribution in [0.4, 0.5) is 5.69 Å². The van der Waals surface area contributed by atoms with Crippen LogP contribution in [0.3, 0.4) is 0 Å². The number of nitrogens with zero attached hydrogens (tertiary/aromatic N) is 4. The molecule has 2 aromatic carbocycles. The molecule has 146 valence electrons. The quantitative estimate of drug-likeness (QED) is 0.497. The zero-order valence-corrected chi connectivity index (χ0v) is 16.7. The normalized spacial score (nSPS) is 19.2. The molecule has 0 saturated heterocycles. The topological polar surface area (TPSA) is 48.0 Å². The molecule has 5 nitrogen and oxygen atoms in total. The molecule has 1 N–H and O–H groups in total. The molecule has 5 heteroatoms. The molecule has 1 unspecified atom stereocenters. The van der Waals surface area contributed by atoms with Gasteiger partial charge in [0.05, 0.1) is 17.8 Å². The lowest BCUT2D eigenvalue weighted by Crippen LogP contribution is -2.30. The minimum atomic E-state index is -0.484. The average molecular weight is 391 g/mol. The summed E-state index contributed by atoms with van der Waals surface area (Å²) in [5.41, 5.74) is 7.84. The molecule has 30 heavy (non-hydrogen) atoms. The maximum atomic E-state index is 4.52. The van der Waals surface area contributed by atoms with Crippen LogP contribution >= 0.6 is 0 Å². The number of benzene rings is 2. The molecule has 0 saturated carbocycles. The second kappa shape index (κ2) is 6.32. The molecule has 4 aromatic rings. The van der Waals surface area contributed by atoms with Crippen molar-refractivity contribution >= 4 is 5.69 Å². The van der Waals surface area contributed by atoms with Gasteiger partial charge in [-0.05, 0) is 52.1 Å². The third kappa shape index (κ3) is 2.23. The van der Waals surface area contributed by atoms with Crippen LogP contribution in [0.25, 0.3) is 11.1 Å². The first-order valence-electron chi connectivity index (χ1n) is 10.1. The summed E-state index contributed by atoms with van der Waals surface area (Å²) in [4.78, 5) is 8.94. The number of pyridine rings is 1. The Morgan fingerprint density at radius 3 is 2.63 bits per heavy atom. The van der Waals surface area contributed by atoms with E-state index < -0.39 is 5.41 Å². The number of nitrogens with one attached hydrogen (secondary N) is 1. The zero-order chi connectivity index (χ0) is 20.1. The first kappa shape index (κ1) is 17.0. The number of fused-ring (bicyclic) bond motifs is 3. The van der Waals surface area contributed by atoms with Gasteiger partial charge in [0.25, 0.3) is 0 Å². The van der Waals surface area contributed by atoms with E-state index in [-0.39, 0.29) is 0 Å². The SMILES string of the molecule is CN1C=CN(c2cccc(C3(c4ccn[nH]4)c4ccccc4-c4ccncc43)c2)C1. The summed E-state index contributed by atoms with van der Waals surface area (Å²) in [5, 5.41) is 7.60. The highest BCUT2D eigenvalue weighted by molar-refractivity contribution is 5.85. The van der Waals surface area contributed by atoms with Gasteiger partial charge in [-0.25, -0.2) is 0 Å². The van der Waals surface area contributed by atoms with Crippen molar-refractivity contribution in [3.8, 4) is 11.1 Å². The molecule has 3 heterocycles. The van der Waals surface area contributed by atoms with Gasteiger partial charge in [-0.2, -0.15) is 5.10 Å². The number of H-pyrrole nitrogens is 1. The van der Waals surface area contributed by atoms with E-state index in [0.29, 0.717) is 0 Å². The van der Waals surface area contributed by atoms with Gasteiger partial charge in [-0.15, -0.1) is 0 Å². The molecular formula is C25H21N5. The molecule has 0 spiro atoms. The van der Waals surface area contributed by atoms with Gasteiger partial charge in [0, 0.05) is 43.7 Å². The van der Waals surface area contributed by atoms with Crippen LogP contribution in [-0.2, 0) is 5.41 Å². The Labute approximate surface area is 175 Å². The van der Waals surface area contributed by atoms with E-state index in [2.05, 4.69) is 105 Å². The number of hydrogen-bond donors (Lipinski definition) is 1. The summed E-state index contributed by atoms with van der Waals surface area (Å²) in [6, 6.07) is 21.7. The van der Waals surface area contributed by atoms with Gasteiger partial charge in [0.2, 0.25) is 0 Å². The second-order valence-electron chi connectivity index (χ2n) is 7.90. The summed E-state index contributed by atoms with van der Waals surface area (Å²) >= 11 is 0. The summed E-state index contributed by atoms with van der Waals surface area (Å²) in [6.45, 7) is 0.843. The Bertz CT molecular complexity index is 1210. The minimum Gasteiger partial charge on any atom is -0.361 e. The molecule has 1 aliphatic heterocycles. The fourth-order valence-electron chi connectivity index (χ4n) is 4.95. The first-order chi connectivity index (χ1) is 14.8. The molecule has 0 radical (unpaired) electrons. The largest absolute Gasteiger partial charge is 0.361 e. The molecule has 0 fully saturated rings. The summed E-state index contributed by atoms with van der Waals surface area (Å²) in [6.07, 6.45) is 9.93. The molecule has 2 aromatic heterocycles. The van der Waals surface area contributed by atoms with E-state index in [1.54, 1.807) is 0 Å². The third-order valence-corrected chi connectivity index (χ3v) is 6.24. The van der Waals surface area contributed by atoms with E-state index in [1.165, 1.54) is 33.5 Å². The maximum absolute atomic E-state index is 4.52. The van der Waals surface area contributed by atoms with Crippen LogP contribution in [0.15, 0.2) is 91.7 Å². The van der Waals surface area contributed by atoms with Crippen LogP contribution in [0.5, 0.6) is 0 Å². The summed E-state index contributed by atoms with van der Waals surface area (Å²) < 4.78 is 0. The molecule has 2 aliphatic rings. The van der Waals surface area contributed by atoms with Crippen molar-refractivity contribution < 1.29 is 0 Å². The van der Waals surface area contributed by atoms with Gasteiger partial charge >= 0.3 is 0 Å². The Balaban J connectivity index is 1.66. The van der Waals surface area contributed by atoms with Crippen LogP contribution in [-0.4, -0.2) is 33.8 Å². The summed E-state index contributed by atoms with van der Waals surface area (Å²) in [5.74, 6) is 0. The average Bonchev–Trinajstić information content (AvgIpc) is 3.52. The Morgan fingerprint density at radius 1 is 0.900 bits per heavy atom. The molecule has 0 amide bonds. The monoisotopic (exact) mass is 391 g/mol. The number of aromatic nitrogens is 3.